The second kappa shape index (κ2) is 7.24. The number of pyridine rings is 1. The number of nitrogens with one attached hydrogen (secondary N) is 1. The van der Waals surface area contributed by atoms with Gasteiger partial charge in [-0.15, -0.1) is 11.8 Å². The van der Waals surface area contributed by atoms with Crippen molar-refractivity contribution in [1.29, 1.82) is 0 Å². The van der Waals surface area contributed by atoms with Gasteiger partial charge in [-0.25, -0.2) is 4.98 Å². The van der Waals surface area contributed by atoms with Gasteiger partial charge >= 0.3 is 0 Å². The lowest BCUT2D eigenvalue weighted by molar-refractivity contribution is 0.381. The minimum absolute atomic E-state index is 0.739. The fourth-order valence-electron chi connectivity index (χ4n) is 2.19. The Morgan fingerprint density at radius 2 is 2.18 bits per heavy atom. The van der Waals surface area contributed by atoms with Crippen molar-refractivity contribution in [2.24, 2.45) is 0 Å². The number of rotatable bonds is 5. The first-order valence-electron chi connectivity index (χ1n) is 6.33. The number of thioether (sulfide) groups is 1. The van der Waals surface area contributed by atoms with Gasteiger partial charge in [-0.1, -0.05) is 30.9 Å². The van der Waals surface area contributed by atoms with Crippen molar-refractivity contribution in [3.8, 4) is 0 Å². The first-order chi connectivity index (χ1) is 8.36. The summed E-state index contributed by atoms with van der Waals surface area (Å²) in [5.41, 5.74) is 0. The van der Waals surface area contributed by atoms with E-state index in [2.05, 4.69) is 10.3 Å². The average Bonchev–Trinajstić information content (AvgIpc) is 2.38. The second-order valence-electron chi connectivity index (χ2n) is 4.43. The molecule has 1 fully saturated rings. The summed E-state index contributed by atoms with van der Waals surface area (Å²) >= 11 is 7.78. The molecule has 0 radical (unpaired) electrons. The van der Waals surface area contributed by atoms with Gasteiger partial charge in [0.05, 0.1) is 5.02 Å². The van der Waals surface area contributed by atoms with Crippen LogP contribution in [0.5, 0.6) is 0 Å². The summed E-state index contributed by atoms with van der Waals surface area (Å²) in [6.07, 6.45) is 8.66. The summed E-state index contributed by atoms with van der Waals surface area (Å²) in [7, 11) is 0. The standard InChI is InChI=1S/C13H19ClN2S/c14-12-7-4-8-16-13(12)17-10-9-15-11-5-2-1-3-6-11/h4,7-8,11,15H,1-3,5-6,9-10H2. The highest BCUT2D eigenvalue weighted by atomic mass is 35.5. The molecule has 0 unspecified atom stereocenters. The Balaban J connectivity index is 1.64. The normalized spacial score (nSPS) is 17.2. The van der Waals surface area contributed by atoms with Crippen molar-refractivity contribution in [2.45, 2.75) is 43.2 Å². The summed E-state index contributed by atoms with van der Waals surface area (Å²) in [5.74, 6) is 1.03. The molecule has 1 N–H and O–H groups in total. The Hall–Kier alpha value is -0.250. The van der Waals surface area contributed by atoms with Gasteiger partial charge in [0.2, 0.25) is 0 Å². The number of halogens is 1. The largest absolute Gasteiger partial charge is 0.313 e. The summed E-state index contributed by atoms with van der Waals surface area (Å²) in [6, 6.07) is 4.50. The zero-order chi connectivity index (χ0) is 11.9. The van der Waals surface area contributed by atoms with E-state index in [4.69, 9.17) is 11.6 Å². The van der Waals surface area contributed by atoms with Crippen LogP contribution in [-0.2, 0) is 0 Å². The summed E-state index contributed by atoms with van der Waals surface area (Å²) < 4.78 is 0. The van der Waals surface area contributed by atoms with Crippen molar-refractivity contribution in [3.63, 3.8) is 0 Å². The van der Waals surface area contributed by atoms with E-state index in [-0.39, 0.29) is 0 Å². The predicted molar refractivity (Wildman–Crippen MR) is 74.8 cm³/mol. The van der Waals surface area contributed by atoms with Crippen LogP contribution < -0.4 is 5.32 Å². The summed E-state index contributed by atoms with van der Waals surface area (Å²) in [6.45, 7) is 1.04. The van der Waals surface area contributed by atoms with Gasteiger partial charge < -0.3 is 5.32 Å². The van der Waals surface area contributed by atoms with Crippen LogP contribution in [0, 0.1) is 0 Å². The zero-order valence-corrected chi connectivity index (χ0v) is 11.6. The highest BCUT2D eigenvalue weighted by Gasteiger charge is 2.11. The van der Waals surface area contributed by atoms with E-state index in [1.54, 1.807) is 18.0 Å². The molecule has 2 rings (SSSR count). The quantitative estimate of drug-likeness (QED) is 0.652. The molecule has 1 saturated carbocycles. The van der Waals surface area contributed by atoms with Crippen molar-refractivity contribution >= 4 is 23.4 Å². The molecule has 0 aliphatic heterocycles. The van der Waals surface area contributed by atoms with E-state index in [1.807, 2.05) is 12.1 Å². The maximum atomic E-state index is 6.05. The van der Waals surface area contributed by atoms with Gasteiger partial charge in [0, 0.05) is 24.5 Å². The van der Waals surface area contributed by atoms with Crippen molar-refractivity contribution in [2.75, 3.05) is 12.3 Å². The van der Waals surface area contributed by atoms with Crippen LogP contribution in [0.15, 0.2) is 23.4 Å². The molecular formula is C13H19ClN2S. The number of hydrogen-bond acceptors (Lipinski definition) is 3. The summed E-state index contributed by atoms with van der Waals surface area (Å²) in [5, 5.41) is 5.32. The molecule has 4 heteroatoms. The predicted octanol–water partition coefficient (Wildman–Crippen LogP) is 3.75. The van der Waals surface area contributed by atoms with Gasteiger partial charge in [-0.3, -0.25) is 0 Å². The molecule has 0 aromatic carbocycles. The van der Waals surface area contributed by atoms with Gasteiger partial charge in [0.15, 0.2) is 0 Å². The molecule has 1 aliphatic rings. The van der Waals surface area contributed by atoms with Crippen LogP contribution >= 0.6 is 23.4 Å². The maximum absolute atomic E-state index is 6.05. The van der Waals surface area contributed by atoms with Crippen LogP contribution in [0.25, 0.3) is 0 Å². The van der Waals surface area contributed by atoms with E-state index in [9.17, 15) is 0 Å². The Labute approximate surface area is 113 Å². The lowest BCUT2D eigenvalue weighted by atomic mass is 9.96. The minimum Gasteiger partial charge on any atom is -0.313 e. The van der Waals surface area contributed by atoms with E-state index in [0.29, 0.717) is 0 Å². The van der Waals surface area contributed by atoms with E-state index in [1.165, 1.54) is 32.1 Å². The Bertz CT molecular complexity index is 340. The molecule has 0 atom stereocenters. The lowest BCUT2D eigenvalue weighted by Crippen LogP contribution is -2.32. The van der Waals surface area contributed by atoms with Crippen molar-refractivity contribution in [1.82, 2.24) is 10.3 Å². The molecular weight excluding hydrogens is 252 g/mol. The third-order valence-electron chi connectivity index (χ3n) is 3.10. The van der Waals surface area contributed by atoms with Crippen molar-refractivity contribution < 1.29 is 0 Å². The highest BCUT2D eigenvalue weighted by Crippen LogP contribution is 2.23. The molecule has 0 saturated heterocycles. The van der Waals surface area contributed by atoms with Crippen LogP contribution in [0.4, 0.5) is 0 Å². The lowest BCUT2D eigenvalue weighted by Gasteiger charge is -2.22. The molecule has 0 spiro atoms. The molecule has 1 aliphatic carbocycles. The smallest absolute Gasteiger partial charge is 0.115 e. The van der Waals surface area contributed by atoms with Crippen LogP contribution in [0.2, 0.25) is 5.02 Å². The first kappa shape index (κ1) is 13.2. The van der Waals surface area contributed by atoms with E-state index in [0.717, 1.165) is 28.4 Å². The van der Waals surface area contributed by atoms with Gasteiger partial charge in [0.1, 0.15) is 5.03 Å². The molecule has 94 valence electrons. The third kappa shape index (κ3) is 4.49. The molecule has 1 aromatic rings. The van der Waals surface area contributed by atoms with Gasteiger partial charge in [0.25, 0.3) is 0 Å². The molecule has 17 heavy (non-hydrogen) atoms. The molecule has 1 aromatic heterocycles. The molecule has 0 amide bonds. The third-order valence-corrected chi connectivity index (χ3v) is 4.53. The van der Waals surface area contributed by atoms with Crippen LogP contribution in [0.1, 0.15) is 32.1 Å². The summed E-state index contributed by atoms with van der Waals surface area (Å²) in [4.78, 5) is 4.27. The van der Waals surface area contributed by atoms with Crippen LogP contribution in [0.3, 0.4) is 0 Å². The Morgan fingerprint density at radius 3 is 2.94 bits per heavy atom. The number of nitrogens with zero attached hydrogens (tertiary/aromatic N) is 1. The molecule has 2 nitrogen and oxygen atoms in total. The fourth-order valence-corrected chi connectivity index (χ4v) is 3.23. The van der Waals surface area contributed by atoms with Crippen molar-refractivity contribution in [3.05, 3.63) is 23.4 Å². The topological polar surface area (TPSA) is 24.9 Å². The second-order valence-corrected chi connectivity index (χ2v) is 5.92. The maximum Gasteiger partial charge on any atom is 0.115 e. The zero-order valence-electron chi connectivity index (χ0n) is 9.99. The number of hydrogen-bond donors (Lipinski definition) is 1. The van der Waals surface area contributed by atoms with E-state index >= 15 is 0 Å². The number of aromatic nitrogens is 1. The fraction of sp³-hybridized carbons (Fsp3) is 0.615. The monoisotopic (exact) mass is 270 g/mol. The molecule has 0 bridgehead atoms. The minimum atomic E-state index is 0.739. The van der Waals surface area contributed by atoms with Gasteiger partial charge in [-0.05, 0) is 25.0 Å². The van der Waals surface area contributed by atoms with Crippen LogP contribution in [-0.4, -0.2) is 23.3 Å². The first-order valence-corrected chi connectivity index (χ1v) is 7.69. The highest BCUT2D eigenvalue weighted by molar-refractivity contribution is 7.99. The SMILES string of the molecule is Clc1cccnc1SCCNC1CCCCC1. The van der Waals surface area contributed by atoms with Gasteiger partial charge in [-0.2, -0.15) is 0 Å². The average molecular weight is 271 g/mol. The Kier molecular flexibility index (Phi) is 5.62. The van der Waals surface area contributed by atoms with E-state index < -0.39 is 0 Å². The molecule has 1 heterocycles. The Morgan fingerprint density at radius 1 is 1.35 bits per heavy atom.